The number of carbonyl (C=O) groups excluding carboxylic acids is 1. The van der Waals surface area contributed by atoms with Gasteiger partial charge in [0.2, 0.25) is 0 Å². The molecule has 0 fully saturated rings. The first-order valence-electron chi connectivity index (χ1n) is 9.12. The van der Waals surface area contributed by atoms with Gasteiger partial charge in [0, 0.05) is 30.7 Å². The number of esters is 1. The minimum atomic E-state index is -1.07. The molecule has 0 saturated carbocycles. The van der Waals surface area contributed by atoms with E-state index in [-0.39, 0.29) is 5.97 Å². The lowest BCUT2D eigenvalue weighted by Crippen LogP contribution is -2.22. The lowest BCUT2D eigenvalue weighted by molar-refractivity contribution is -0.142. The first kappa shape index (κ1) is 21.0. The fraction of sp³-hybridized carbons (Fsp3) is 0.579. The van der Waals surface area contributed by atoms with Crippen molar-refractivity contribution in [2.24, 2.45) is 0 Å². The summed E-state index contributed by atoms with van der Waals surface area (Å²) in [6.07, 6.45) is 2.32. The van der Waals surface area contributed by atoms with Crippen molar-refractivity contribution in [2.75, 3.05) is 19.0 Å². The van der Waals surface area contributed by atoms with Crippen LogP contribution in [0.5, 0.6) is 0 Å². The minimum absolute atomic E-state index is 0.138. The largest absolute Gasteiger partial charge is 0.466 e. The summed E-state index contributed by atoms with van der Waals surface area (Å²) in [5, 5.41) is 5.59. The van der Waals surface area contributed by atoms with E-state index in [4.69, 9.17) is 9.47 Å². The molecule has 5 nitrogen and oxygen atoms in total. The van der Waals surface area contributed by atoms with Crippen LogP contribution in [0, 0.1) is 6.92 Å². The molecule has 0 aliphatic rings. The van der Waals surface area contributed by atoms with Gasteiger partial charge in [-0.25, -0.2) is 4.68 Å². The Balaban J connectivity index is 1.96. The Labute approximate surface area is 161 Å². The number of ether oxygens (including phenoxy) is 2. The summed E-state index contributed by atoms with van der Waals surface area (Å²) >= 11 is 1.67. The number of thioether (sulfide) groups is 1. The van der Waals surface area contributed by atoms with Gasteiger partial charge in [0.05, 0.1) is 24.7 Å². The molecule has 0 atom stereocenters. The fourth-order valence-corrected chi connectivity index (χ4v) is 4.34. The zero-order valence-corrected chi connectivity index (χ0v) is 18.3. The van der Waals surface area contributed by atoms with E-state index in [1.807, 2.05) is 17.8 Å². The molecular weight excluding hydrogens is 364 g/mol. The zero-order chi connectivity index (χ0) is 19.2. The average molecular weight is 395 g/mol. The summed E-state index contributed by atoms with van der Waals surface area (Å²) in [5.41, 5.74) is 2.29. The number of hydrogen-bond acceptors (Lipinski definition) is 5. The Bertz CT molecular complexity index is 740. The number of carbonyl (C=O) groups is 1. The summed E-state index contributed by atoms with van der Waals surface area (Å²) in [4.78, 5) is 12.6. The number of nitrogens with zero attached hydrogens (tertiary/aromatic N) is 2. The van der Waals surface area contributed by atoms with Crippen LogP contribution in [0.2, 0.25) is 25.7 Å². The van der Waals surface area contributed by atoms with E-state index >= 15 is 0 Å². The van der Waals surface area contributed by atoms with Crippen molar-refractivity contribution in [3.05, 3.63) is 23.9 Å². The van der Waals surface area contributed by atoms with Gasteiger partial charge in [0.15, 0.2) is 0 Å². The van der Waals surface area contributed by atoms with Crippen molar-refractivity contribution in [2.45, 2.75) is 57.6 Å². The van der Waals surface area contributed by atoms with E-state index in [1.54, 1.807) is 11.8 Å². The Morgan fingerprint density at radius 1 is 1.31 bits per heavy atom. The van der Waals surface area contributed by atoms with E-state index in [0.717, 1.165) is 34.2 Å². The van der Waals surface area contributed by atoms with Crippen LogP contribution in [0.1, 0.15) is 18.9 Å². The van der Waals surface area contributed by atoms with Crippen molar-refractivity contribution < 1.29 is 14.3 Å². The third kappa shape index (κ3) is 6.45. The lowest BCUT2D eigenvalue weighted by Gasteiger charge is -2.15. The smallest absolute Gasteiger partial charge is 0.306 e. The van der Waals surface area contributed by atoms with Crippen LogP contribution in [0.15, 0.2) is 23.2 Å². The van der Waals surface area contributed by atoms with Gasteiger partial charge in [0.25, 0.3) is 0 Å². The molecule has 26 heavy (non-hydrogen) atoms. The molecule has 1 aromatic carbocycles. The third-order valence-corrected chi connectivity index (χ3v) is 6.67. The highest BCUT2D eigenvalue weighted by molar-refractivity contribution is 7.99. The van der Waals surface area contributed by atoms with Crippen molar-refractivity contribution in [1.82, 2.24) is 9.78 Å². The second kappa shape index (κ2) is 9.57. The Morgan fingerprint density at radius 2 is 2.08 bits per heavy atom. The van der Waals surface area contributed by atoms with Gasteiger partial charge in [-0.15, -0.1) is 11.8 Å². The van der Waals surface area contributed by atoms with Crippen molar-refractivity contribution in [3.8, 4) is 0 Å². The lowest BCUT2D eigenvalue weighted by atomic mass is 10.2. The first-order chi connectivity index (χ1) is 12.3. The molecule has 0 spiro atoms. The second-order valence-corrected chi connectivity index (χ2v) is 14.4. The van der Waals surface area contributed by atoms with Crippen molar-refractivity contribution in [3.63, 3.8) is 0 Å². The van der Waals surface area contributed by atoms with Crippen LogP contribution < -0.4 is 0 Å². The molecule has 1 heterocycles. The minimum Gasteiger partial charge on any atom is -0.466 e. The molecule has 0 radical (unpaired) electrons. The molecule has 0 aliphatic carbocycles. The summed E-state index contributed by atoms with van der Waals surface area (Å²) in [6.45, 7) is 12.7. The van der Waals surface area contributed by atoms with Crippen LogP contribution in [0.25, 0.3) is 10.9 Å². The molecule has 0 unspecified atom stereocenters. The highest BCUT2D eigenvalue weighted by atomic mass is 32.2. The van der Waals surface area contributed by atoms with Crippen molar-refractivity contribution in [1.29, 1.82) is 0 Å². The number of hydrogen-bond donors (Lipinski definition) is 0. The topological polar surface area (TPSA) is 53.3 Å². The first-order valence-corrected chi connectivity index (χ1v) is 13.8. The molecule has 0 saturated heterocycles. The molecule has 144 valence electrons. The van der Waals surface area contributed by atoms with Crippen molar-refractivity contribution >= 4 is 36.7 Å². The summed E-state index contributed by atoms with van der Waals surface area (Å²) in [5.74, 6) is 0.582. The van der Waals surface area contributed by atoms with Crippen LogP contribution in [0.4, 0.5) is 0 Å². The van der Waals surface area contributed by atoms with Gasteiger partial charge in [-0.2, -0.15) is 5.10 Å². The molecule has 0 amide bonds. The normalized spacial score (nSPS) is 11.9. The number of fused-ring (bicyclic) bond motifs is 1. The van der Waals surface area contributed by atoms with Gasteiger partial charge in [-0.1, -0.05) is 19.6 Å². The van der Waals surface area contributed by atoms with Crippen LogP contribution in [0.3, 0.4) is 0 Å². The number of benzene rings is 1. The summed E-state index contributed by atoms with van der Waals surface area (Å²) in [7, 11) is -1.07. The third-order valence-electron chi connectivity index (χ3n) is 3.99. The van der Waals surface area contributed by atoms with Gasteiger partial charge in [-0.05, 0) is 37.6 Å². The predicted octanol–water partition coefficient (Wildman–Crippen LogP) is 4.70. The molecule has 2 aromatic rings. The van der Waals surface area contributed by atoms with Crippen LogP contribution >= 0.6 is 11.8 Å². The molecule has 0 bridgehead atoms. The number of aromatic nitrogens is 2. The van der Waals surface area contributed by atoms with Crippen LogP contribution in [-0.4, -0.2) is 42.8 Å². The summed E-state index contributed by atoms with van der Waals surface area (Å²) < 4.78 is 12.7. The monoisotopic (exact) mass is 394 g/mol. The van der Waals surface area contributed by atoms with E-state index < -0.39 is 8.07 Å². The number of aryl methyl sites for hydroxylation is 1. The fourth-order valence-electron chi connectivity index (χ4n) is 2.61. The Morgan fingerprint density at radius 3 is 2.77 bits per heavy atom. The van der Waals surface area contributed by atoms with E-state index in [0.29, 0.717) is 19.8 Å². The molecule has 0 N–H and O–H groups in total. The highest BCUT2D eigenvalue weighted by Gasteiger charge is 2.13. The molecule has 2 rings (SSSR count). The standard InChI is InChI=1S/C19H30N2O3SSi/c1-6-24-18(22)7-9-25-17-11-15(2)19-16(12-17)13-20-21(19)14-23-8-10-26(3,4)5/h11-13H,6-10,14H2,1-5H3. The molecular formula is C19H30N2O3SSi. The predicted molar refractivity (Wildman–Crippen MR) is 111 cm³/mol. The number of rotatable bonds is 10. The molecule has 1 aromatic heterocycles. The maximum atomic E-state index is 11.4. The SMILES string of the molecule is CCOC(=O)CCSc1cc(C)c2c(cnn2COCC[Si](C)(C)C)c1. The van der Waals surface area contributed by atoms with Gasteiger partial charge in [0.1, 0.15) is 6.73 Å². The van der Waals surface area contributed by atoms with E-state index in [1.165, 1.54) is 5.56 Å². The second-order valence-electron chi connectivity index (χ2n) is 7.57. The average Bonchev–Trinajstić information content (AvgIpc) is 2.94. The van der Waals surface area contributed by atoms with Crippen LogP contribution in [-0.2, 0) is 21.0 Å². The Kier molecular flexibility index (Phi) is 7.73. The van der Waals surface area contributed by atoms with E-state index in [9.17, 15) is 4.79 Å². The Hall–Kier alpha value is -1.31. The zero-order valence-electron chi connectivity index (χ0n) is 16.5. The summed E-state index contributed by atoms with van der Waals surface area (Å²) in [6, 6.07) is 5.44. The maximum absolute atomic E-state index is 11.4. The molecule has 7 heteroatoms. The van der Waals surface area contributed by atoms with Gasteiger partial charge < -0.3 is 9.47 Å². The van der Waals surface area contributed by atoms with Gasteiger partial charge >= 0.3 is 5.97 Å². The highest BCUT2D eigenvalue weighted by Crippen LogP contribution is 2.27. The quantitative estimate of drug-likeness (QED) is 0.253. The van der Waals surface area contributed by atoms with E-state index in [2.05, 4.69) is 43.8 Å². The van der Waals surface area contributed by atoms with Gasteiger partial charge in [-0.3, -0.25) is 4.79 Å². The molecule has 0 aliphatic heterocycles. The maximum Gasteiger partial charge on any atom is 0.306 e.